The van der Waals surface area contributed by atoms with Crippen molar-refractivity contribution in [2.24, 2.45) is 0 Å². The van der Waals surface area contributed by atoms with Gasteiger partial charge in [0.15, 0.2) is 11.6 Å². The van der Waals surface area contributed by atoms with Gasteiger partial charge >= 0.3 is 0 Å². The summed E-state index contributed by atoms with van der Waals surface area (Å²) < 4.78 is 7.14. The van der Waals surface area contributed by atoms with Gasteiger partial charge in [-0.25, -0.2) is 4.98 Å². The predicted molar refractivity (Wildman–Crippen MR) is 234 cm³/mol. The van der Waals surface area contributed by atoms with Crippen molar-refractivity contribution in [3.8, 4) is 40.1 Å². The Balaban J connectivity index is 1.33. The van der Waals surface area contributed by atoms with E-state index in [-0.39, 0.29) is 0 Å². The number of fused-ring (bicyclic) bond motifs is 10. The second kappa shape index (κ2) is 12.3. The van der Waals surface area contributed by atoms with Crippen molar-refractivity contribution in [3.63, 3.8) is 0 Å². The van der Waals surface area contributed by atoms with E-state index < -0.39 is 0 Å². The van der Waals surface area contributed by atoms with Crippen LogP contribution in [0, 0.1) is 0 Å². The van der Waals surface area contributed by atoms with Gasteiger partial charge in [0, 0.05) is 49.1 Å². The number of rotatable bonds is 5. The molecule has 0 saturated heterocycles. The van der Waals surface area contributed by atoms with Gasteiger partial charge in [-0.05, 0) is 42.5 Å². The Labute approximate surface area is 327 Å². The minimum absolute atomic E-state index is 0.561. The normalized spacial score (nSPS) is 11.9. The van der Waals surface area contributed by atoms with Crippen molar-refractivity contribution in [3.05, 3.63) is 194 Å². The van der Waals surface area contributed by atoms with Crippen molar-refractivity contribution >= 4 is 65.4 Å². The summed E-state index contributed by atoms with van der Waals surface area (Å²) in [6, 6.07) is 68.4. The molecule has 0 fully saturated rings. The summed E-state index contributed by atoms with van der Waals surface area (Å²) in [6.45, 7) is 0. The maximum atomic E-state index is 5.34. The van der Waals surface area contributed by atoms with Crippen LogP contribution in [0.15, 0.2) is 194 Å². The minimum Gasteiger partial charge on any atom is -0.309 e. The number of hydrogen-bond acceptors (Lipinski definition) is 3. The van der Waals surface area contributed by atoms with Crippen LogP contribution in [0.3, 0.4) is 0 Å². The molecule has 12 aromatic rings. The zero-order chi connectivity index (χ0) is 37.5. The molecule has 0 saturated carbocycles. The molecule has 0 aliphatic heterocycles. The van der Waals surface area contributed by atoms with E-state index in [1.807, 2.05) is 36.4 Å². The molecule has 0 amide bonds. The predicted octanol–water partition coefficient (Wildman–Crippen LogP) is 12.5. The largest absolute Gasteiger partial charge is 0.309 e. The van der Waals surface area contributed by atoms with Gasteiger partial charge in [0.05, 0.1) is 38.8 Å². The van der Waals surface area contributed by atoms with E-state index in [1.165, 1.54) is 10.8 Å². The Hall–Kier alpha value is -7.83. The molecule has 12 rings (SSSR count). The van der Waals surface area contributed by atoms with Crippen LogP contribution in [0.5, 0.6) is 0 Å². The van der Waals surface area contributed by atoms with Gasteiger partial charge < -0.3 is 9.13 Å². The topological polar surface area (TPSA) is 53.5 Å². The SMILES string of the molecule is c1ccc(-c2nc(-c3ccccc3)nc(-n3c4ccccc4c4c(-n5c6ccccc6c6ccccc65)cc5c(c6ccccc6n5-c5ccccc5)c43)n2)cc1. The summed E-state index contributed by atoms with van der Waals surface area (Å²) >= 11 is 0. The molecule has 6 nitrogen and oxygen atoms in total. The van der Waals surface area contributed by atoms with E-state index in [2.05, 4.69) is 171 Å². The summed E-state index contributed by atoms with van der Waals surface area (Å²) in [5.41, 5.74) is 10.6. The molecule has 266 valence electrons. The molecular formula is C51H32N6. The first-order valence-corrected chi connectivity index (χ1v) is 19.2. The summed E-state index contributed by atoms with van der Waals surface area (Å²) in [5.74, 6) is 1.80. The molecular weight excluding hydrogens is 697 g/mol. The smallest absolute Gasteiger partial charge is 0.238 e. The number of para-hydroxylation sites is 5. The number of aromatic nitrogens is 6. The van der Waals surface area contributed by atoms with Gasteiger partial charge in [0.2, 0.25) is 5.95 Å². The van der Waals surface area contributed by atoms with Gasteiger partial charge in [0.25, 0.3) is 0 Å². The Kier molecular flexibility index (Phi) is 6.83. The Morgan fingerprint density at radius 3 is 1.28 bits per heavy atom. The first-order valence-electron chi connectivity index (χ1n) is 19.2. The lowest BCUT2D eigenvalue weighted by atomic mass is 10.0. The number of benzene rings is 8. The second-order valence-electron chi connectivity index (χ2n) is 14.4. The third-order valence-electron chi connectivity index (χ3n) is 11.3. The molecule has 8 aromatic carbocycles. The van der Waals surface area contributed by atoms with Crippen LogP contribution >= 0.6 is 0 Å². The van der Waals surface area contributed by atoms with E-state index in [4.69, 9.17) is 15.0 Å². The number of hydrogen-bond donors (Lipinski definition) is 0. The fourth-order valence-electron chi connectivity index (χ4n) is 8.90. The summed E-state index contributed by atoms with van der Waals surface area (Å²) in [7, 11) is 0. The van der Waals surface area contributed by atoms with E-state index in [1.54, 1.807) is 0 Å². The second-order valence-corrected chi connectivity index (χ2v) is 14.4. The molecule has 0 N–H and O–H groups in total. The zero-order valence-electron chi connectivity index (χ0n) is 30.7. The van der Waals surface area contributed by atoms with Crippen molar-refractivity contribution < 1.29 is 0 Å². The Morgan fingerprint density at radius 1 is 0.316 bits per heavy atom. The van der Waals surface area contributed by atoms with Crippen LogP contribution in [0.25, 0.3) is 106 Å². The van der Waals surface area contributed by atoms with Crippen molar-refractivity contribution in [1.82, 2.24) is 28.7 Å². The Bertz CT molecular complexity index is 3390. The van der Waals surface area contributed by atoms with Crippen LogP contribution in [0.2, 0.25) is 0 Å². The lowest BCUT2D eigenvalue weighted by Crippen LogP contribution is -2.07. The van der Waals surface area contributed by atoms with Crippen molar-refractivity contribution in [2.75, 3.05) is 0 Å². The highest BCUT2D eigenvalue weighted by Gasteiger charge is 2.27. The molecule has 57 heavy (non-hydrogen) atoms. The summed E-state index contributed by atoms with van der Waals surface area (Å²) in [5, 5.41) is 6.96. The molecule has 0 radical (unpaired) electrons. The fraction of sp³-hybridized carbons (Fsp3) is 0. The third-order valence-corrected chi connectivity index (χ3v) is 11.3. The van der Waals surface area contributed by atoms with E-state index in [0.717, 1.165) is 77.1 Å². The molecule has 6 heteroatoms. The highest BCUT2D eigenvalue weighted by molar-refractivity contribution is 6.29. The third kappa shape index (κ3) is 4.68. The minimum atomic E-state index is 0.561. The lowest BCUT2D eigenvalue weighted by molar-refractivity contribution is 0.955. The van der Waals surface area contributed by atoms with Gasteiger partial charge in [-0.15, -0.1) is 0 Å². The summed E-state index contributed by atoms with van der Waals surface area (Å²) in [6.07, 6.45) is 0. The van der Waals surface area contributed by atoms with Crippen molar-refractivity contribution in [1.29, 1.82) is 0 Å². The maximum absolute atomic E-state index is 5.34. The standard InChI is InChI=1S/C51H32N6/c1-4-18-33(19-5-1)49-52-50(34-20-6-2-7-21-34)54-51(53-49)57-43-31-17-13-27-39(43)47-45(56-40-28-14-10-24-36(40)37-25-11-15-29-41(37)56)32-44-46(48(47)57)38-26-12-16-30-42(38)55(44)35-22-8-3-9-23-35/h1-32H. The van der Waals surface area contributed by atoms with Gasteiger partial charge in [0.1, 0.15) is 0 Å². The monoisotopic (exact) mass is 728 g/mol. The number of nitrogens with zero attached hydrogens (tertiary/aromatic N) is 6. The van der Waals surface area contributed by atoms with Gasteiger partial charge in [-0.2, -0.15) is 9.97 Å². The first kappa shape index (κ1) is 31.5. The molecule has 0 atom stereocenters. The lowest BCUT2D eigenvalue weighted by Gasteiger charge is -2.15. The average molecular weight is 729 g/mol. The van der Waals surface area contributed by atoms with Gasteiger partial charge in [-0.1, -0.05) is 152 Å². The Morgan fingerprint density at radius 2 is 0.737 bits per heavy atom. The molecule has 0 unspecified atom stereocenters. The highest BCUT2D eigenvalue weighted by Crippen LogP contribution is 2.46. The van der Waals surface area contributed by atoms with E-state index >= 15 is 0 Å². The zero-order valence-corrected chi connectivity index (χ0v) is 30.7. The van der Waals surface area contributed by atoms with Crippen LogP contribution in [-0.4, -0.2) is 28.7 Å². The highest BCUT2D eigenvalue weighted by atomic mass is 15.2. The molecule has 0 bridgehead atoms. The van der Waals surface area contributed by atoms with Crippen LogP contribution in [0.1, 0.15) is 0 Å². The summed E-state index contributed by atoms with van der Waals surface area (Å²) in [4.78, 5) is 15.8. The quantitative estimate of drug-likeness (QED) is 0.177. The molecule has 0 aliphatic carbocycles. The molecule has 0 spiro atoms. The molecule has 4 aromatic heterocycles. The van der Waals surface area contributed by atoms with Crippen molar-refractivity contribution in [2.45, 2.75) is 0 Å². The first-order chi connectivity index (χ1) is 28.3. The van der Waals surface area contributed by atoms with Crippen LogP contribution < -0.4 is 0 Å². The van der Waals surface area contributed by atoms with Crippen LogP contribution in [0.4, 0.5) is 0 Å². The fourth-order valence-corrected chi connectivity index (χ4v) is 8.90. The molecule has 4 heterocycles. The average Bonchev–Trinajstić information content (AvgIpc) is 3.93. The van der Waals surface area contributed by atoms with Gasteiger partial charge in [-0.3, -0.25) is 4.57 Å². The van der Waals surface area contributed by atoms with E-state index in [9.17, 15) is 0 Å². The van der Waals surface area contributed by atoms with Crippen LogP contribution in [-0.2, 0) is 0 Å². The maximum Gasteiger partial charge on any atom is 0.238 e. The van der Waals surface area contributed by atoms with E-state index in [0.29, 0.717) is 17.6 Å². The molecule has 0 aliphatic rings.